The molecule has 2 rings (SSSR count). The summed E-state index contributed by atoms with van der Waals surface area (Å²) in [6.45, 7) is 1.57. The maximum Gasteiger partial charge on any atom is 0.308 e. The Bertz CT molecular complexity index is 219. The third-order valence-corrected chi connectivity index (χ3v) is 4.34. The van der Waals surface area contributed by atoms with Gasteiger partial charge in [-0.3, -0.25) is 4.79 Å². The van der Waals surface area contributed by atoms with Gasteiger partial charge < -0.3 is 10.4 Å². The third kappa shape index (κ3) is 2.02. The summed E-state index contributed by atoms with van der Waals surface area (Å²) in [6.07, 6.45) is 2.14. The first-order chi connectivity index (χ1) is 6.25. The highest BCUT2D eigenvalue weighted by Crippen LogP contribution is 2.43. The summed E-state index contributed by atoms with van der Waals surface area (Å²) in [6, 6.07) is 0. The van der Waals surface area contributed by atoms with Gasteiger partial charge in [-0.05, 0) is 29.8 Å². The molecule has 2 fully saturated rings. The molecule has 1 spiro atoms. The maximum atomic E-state index is 11.0. The molecule has 2 aliphatic rings. The highest BCUT2D eigenvalue weighted by atomic mass is 35.5. The van der Waals surface area contributed by atoms with E-state index in [-0.39, 0.29) is 23.7 Å². The van der Waals surface area contributed by atoms with Gasteiger partial charge in [-0.2, -0.15) is 11.8 Å². The lowest BCUT2D eigenvalue weighted by Gasteiger charge is -2.35. The Morgan fingerprint density at radius 1 is 1.43 bits per heavy atom. The molecule has 1 atom stereocenters. The lowest BCUT2D eigenvalue weighted by molar-refractivity contribution is -0.144. The highest BCUT2D eigenvalue weighted by Gasteiger charge is 2.47. The number of nitrogens with one attached hydrogen (secondary N) is 1. The van der Waals surface area contributed by atoms with Crippen LogP contribution >= 0.6 is 24.2 Å². The van der Waals surface area contributed by atoms with Gasteiger partial charge in [0, 0.05) is 13.1 Å². The van der Waals surface area contributed by atoms with Crippen molar-refractivity contribution in [2.75, 3.05) is 24.6 Å². The van der Waals surface area contributed by atoms with Crippen molar-refractivity contribution in [3.05, 3.63) is 0 Å². The molecule has 2 N–H and O–H groups in total. The number of hydrogen-bond donors (Lipinski definition) is 2. The monoisotopic (exact) mass is 237 g/mol. The molecule has 82 valence electrons. The topological polar surface area (TPSA) is 49.3 Å². The normalized spacial score (nSPS) is 29.9. The molecule has 2 saturated heterocycles. The SMILES string of the molecule is Cl.O=C(O)C1CNCC12CCSCC2. The first kappa shape index (κ1) is 12.1. The summed E-state index contributed by atoms with van der Waals surface area (Å²) in [5.41, 5.74) is 0.0804. The molecule has 0 radical (unpaired) electrons. The van der Waals surface area contributed by atoms with E-state index in [2.05, 4.69) is 5.32 Å². The Morgan fingerprint density at radius 2 is 2.07 bits per heavy atom. The van der Waals surface area contributed by atoms with Crippen molar-refractivity contribution in [2.24, 2.45) is 11.3 Å². The molecule has 2 aliphatic heterocycles. The summed E-state index contributed by atoms with van der Waals surface area (Å²) in [4.78, 5) is 11.0. The molecule has 0 bridgehead atoms. The lowest BCUT2D eigenvalue weighted by atomic mass is 9.73. The smallest absolute Gasteiger partial charge is 0.308 e. The van der Waals surface area contributed by atoms with Crippen molar-refractivity contribution in [3.8, 4) is 0 Å². The van der Waals surface area contributed by atoms with Crippen LogP contribution < -0.4 is 5.32 Å². The predicted molar refractivity (Wildman–Crippen MR) is 60.2 cm³/mol. The van der Waals surface area contributed by atoms with Crippen LogP contribution in [-0.4, -0.2) is 35.7 Å². The number of carbonyl (C=O) groups is 1. The van der Waals surface area contributed by atoms with Gasteiger partial charge >= 0.3 is 5.97 Å². The Balaban J connectivity index is 0.000000980. The van der Waals surface area contributed by atoms with E-state index in [9.17, 15) is 4.79 Å². The predicted octanol–water partition coefficient (Wildman–Crippen LogP) is 1.23. The van der Waals surface area contributed by atoms with Gasteiger partial charge in [0.05, 0.1) is 5.92 Å². The van der Waals surface area contributed by atoms with Crippen LogP contribution in [-0.2, 0) is 4.79 Å². The van der Waals surface area contributed by atoms with Crippen LogP contribution in [0.1, 0.15) is 12.8 Å². The van der Waals surface area contributed by atoms with Crippen LogP contribution in [0.2, 0.25) is 0 Å². The van der Waals surface area contributed by atoms with E-state index in [1.807, 2.05) is 11.8 Å². The number of halogens is 1. The van der Waals surface area contributed by atoms with Crippen LogP contribution in [0.4, 0.5) is 0 Å². The van der Waals surface area contributed by atoms with E-state index in [4.69, 9.17) is 5.11 Å². The van der Waals surface area contributed by atoms with E-state index in [0.29, 0.717) is 6.54 Å². The second-order valence-corrected chi connectivity index (χ2v) is 5.22. The first-order valence-electron chi connectivity index (χ1n) is 4.76. The zero-order valence-corrected chi connectivity index (χ0v) is 9.62. The zero-order chi connectivity index (χ0) is 9.31. The Kier molecular flexibility index (Phi) is 4.10. The van der Waals surface area contributed by atoms with Crippen LogP contribution in [0, 0.1) is 11.3 Å². The van der Waals surface area contributed by atoms with Crippen LogP contribution in [0.3, 0.4) is 0 Å². The number of carboxylic acids is 1. The van der Waals surface area contributed by atoms with Crippen molar-refractivity contribution in [2.45, 2.75) is 12.8 Å². The lowest BCUT2D eigenvalue weighted by Crippen LogP contribution is -2.38. The second-order valence-electron chi connectivity index (χ2n) is 4.00. The molecule has 14 heavy (non-hydrogen) atoms. The minimum absolute atomic E-state index is 0. The quantitative estimate of drug-likeness (QED) is 0.720. The second kappa shape index (κ2) is 4.73. The van der Waals surface area contributed by atoms with E-state index in [1.165, 1.54) is 0 Å². The molecule has 0 amide bonds. The van der Waals surface area contributed by atoms with Crippen LogP contribution in [0.15, 0.2) is 0 Å². The van der Waals surface area contributed by atoms with Gasteiger partial charge in [0.25, 0.3) is 0 Å². The number of thioether (sulfide) groups is 1. The zero-order valence-electron chi connectivity index (χ0n) is 7.99. The van der Waals surface area contributed by atoms with Gasteiger partial charge in [0.1, 0.15) is 0 Å². The Morgan fingerprint density at radius 3 is 2.64 bits per heavy atom. The van der Waals surface area contributed by atoms with E-state index < -0.39 is 5.97 Å². The highest BCUT2D eigenvalue weighted by molar-refractivity contribution is 7.99. The number of carboxylic acid groups (broad SMARTS) is 1. The van der Waals surface area contributed by atoms with Gasteiger partial charge in [0.15, 0.2) is 0 Å². The van der Waals surface area contributed by atoms with E-state index in [0.717, 1.165) is 30.9 Å². The molecule has 5 heteroatoms. The minimum Gasteiger partial charge on any atom is -0.481 e. The van der Waals surface area contributed by atoms with Gasteiger partial charge in [0.2, 0.25) is 0 Å². The van der Waals surface area contributed by atoms with Crippen LogP contribution in [0.25, 0.3) is 0 Å². The Labute approximate surface area is 94.4 Å². The first-order valence-corrected chi connectivity index (χ1v) is 5.91. The van der Waals surface area contributed by atoms with E-state index >= 15 is 0 Å². The number of hydrogen-bond acceptors (Lipinski definition) is 3. The van der Waals surface area contributed by atoms with E-state index in [1.54, 1.807) is 0 Å². The van der Waals surface area contributed by atoms with Crippen molar-refractivity contribution < 1.29 is 9.90 Å². The standard InChI is InChI=1S/C9H15NO2S.ClH/c11-8(12)7-5-10-6-9(7)1-3-13-4-2-9;/h7,10H,1-6H2,(H,11,12);1H. The molecule has 0 aliphatic carbocycles. The summed E-state index contributed by atoms with van der Waals surface area (Å²) in [7, 11) is 0. The maximum absolute atomic E-state index is 11.0. The molecule has 0 aromatic rings. The fourth-order valence-corrected chi connectivity index (χ4v) is 3.76. The van der Waals surface area contributed by atoms with Crippen molar-refractivity contribution >= 4 is 30.1 Å². The molecule has 0 aromatic carbocycles. The Hall–Kier alpha value is 0.0700. The third-order valence-electron chi connectivity index (χ3n) is 3.35. The van der Waals surface area contributed by atoms with Crippen LogP contribution in [0.5, 0.6) is 0 Å². The van der Waals surface area contributed by atoms with Crippen molar-refractivity contribution in [1.82, 2.24) is 5.32 Å². The largest absolute Gasteiger partial charge is 0.481 e. The molecular formula is C9H16ClNO2S. The molecule has 2 heterocycles. The molecule has 0 aromatic heterocycles. The average Bonchev–Trinajstić information content (AvgIpc) is 2.50. The minimum atomic E-state index is -0.614. The molecular weight excluding hydrogens is 222 g/mol. The molecule has 3 nitrogen and oxygen atoms in total. The van der Waals surface area contributed by atoms with Gasteiger partial charge in [-0.25, -0.2) is 0 Å². The molecule has 1 unspecified atom stereocenters. The van der Waals surface area contributed by atoms with Gasteiger partial charge in [-0.15, -0.1) is 12.4 Å². The average molecular weight is 238 g/mol. The van der Waals surface area contributed by atoms with Gasteiger partial charge in [-0.1, -0.05) is 0 Å². The summed E-state index contributed by atoms with van der Waals surface area (Å²) in [5, 5.41) is 12.3. The fourth-order valence-electron chi connectivity index (χ4n) is 2.46. The van der Waals surface area contributed by atoms with Crippen molar-refractivity contribution in [1.29, 1.82) is 0 Å². The fraction of sp³-hybridized carbons (Fsp3) is 0.889. The summed E-state index contributed by atoms with van der Waals surface area (Å²) in [5.74, 6) is 1.50. The van der Waals surface area contributed by atoms with Crippen molar-refractivity contribution in [3.63, 3.8) is 0 Å². The number of aliphatic carboxylic acids is 1. The summed E-state index contributed by atoms with van der Waals surface area (Å²) < 4.78 is 0. The molecule has 0 saturated carbocycles. The number of rotatable bonds is 1. The summed E-state index contributed by atoms with van der Waals surface area (Å²) >= 11 is 1.95.